The van der Waals surface area contributed by atoms with Crippen LogP contribution in [0, 0.1) is 0 Å². The van der Waals surface area contributed by atoms with Gasteiger partial charge in [-0.25, -0.2) is 8.42 Å². The number of amides is 1. The zero-order chi connectivity index (χ0) is 17.2. The van der Waals surface area contributed by atoms with E-state index in [1.807, 2.05) is 19.1 Å². The standard InChI is InChI=1S/C17H20N2O3S2/c1-2-13-7-3-4-8-15(13)18-24(21,22)16-11-14(12-23-16)17(20)19-9-5-6-10-19/h3-4,7-8,11-12,18H,2,5-6,9-10H2,1H3. The number of sulfonamides is 1. The molecule has 1 aromatic heterocycles. The predicted molar refractivity (Wildman–Crippen MR) is 96.1 cm³/mol. The number of nitrogens with zero attached hydrogens (tertiary/aromatic N) is 1. The predicted octanol–water partition coefficient (Wildman–Crippen LogP) is 3.35. The van der Waals surface area contributed by atoms with Gasteiger partial charge in [0.1, 0.15) is 4.21 Å². The first kappa shape index (κ1) is 17.0. The Morgan fingerprint density at radius 2 is 1.96 bits per heavy atom. The van der Waals surface area contributed by atoms with Crippen molar-refractivity contribution in [2.45, 2.75) is 30.4 Å². The molecule has 1 aliphatic heterocycles. The van der Waals surface area contributed by atoms with Crippen LogP contribution in [0.3, 0.4) is 0 Å². The molecule has 0 saturated carbocycles. The highest BCUT2D eigenvalue weighted by Crippen LogP contribution is 2.26. The number of anilines is 1. The van der Waals surface area contributed by atoms with Gasteiger partial charge >= 0.3 is 0 Å². The average molecular weight is 364 g/mol. The lowest BCUT2D eigenvalue weighted by molar-refractivity contribution is 0.0793. The highest BCUT2D eigenvalue weighted by molar-refractivity contribution is 7.94. The summed E-state index contributed by atoms with van der Waals surface area (Å²) in [5.41, 5.74) is 1.97. The van der Waals surface area contributed by atoms with Gasteiger partial charge in [0.25, 0.3) is 15.9 Å². The first-order valence-electron chi connectivity index (χ1n) is 8.00. The van der Waals surface area contributed by atoms with Crippen LogP contribution >= 0.6 is 11.3 Å². The van der Waals surface area contributed by atoms with Gasteiger partial charge in [-0.1, -0.05) is 25.1 Å². The number of likely N-dealkylation sites (tertiary alicyclic amines) is 1. The Kier molecular flexibility index (Phi) is 4.91. The molecular formula is C17H20N2O3S2. The van der Waals surface area contributed by atoms with Crippen LogP contribution in [0.2, 0.25) is 0 Å². The van der Waals surface area contributed by atoms with Crippen LogP contribution in [0.5, 0.6) is 0 Å². The van der Waals surface area contributed by atoms with E-state index in [-0.39, 0.29) is 10.1 Å². The number of para-hydroxylation sites is 1. The van der Waals surface area contributed by atoms with E-state index in [2.05, 4.69) is 4.72 Å². The number of hydrogen-bond donors (Lipinski definition) is 1. The molecule has 24 heavy (non-hydrogen) atoms. The summed E-state index contributed by atoms with van der Waals surface area (Å²) in [6.07, 6.45) is 2.76. The Morgan fingerprint density at radius 1 is 1.25 bits per heavy atom. The normalized spacial score (nSPS) is 14.8. The summed E-state index contributed by atoms with van der Waals surface area (Å²) < 4.78 is 28.0. The Bertz CT molecular complexity index is 837. The van der Waals surface area contributed by atoms with Crippen LogP contribution in [-0.2, 0) is 16.4 Å². The summed E-state index contributed by atoms with van der Waals surface area (Å²) in [6.45, 7) is 3.48. The fourth-order valence-corrected chi connectivity index (χ4v) is 5.05. The molecule has 1 saturated heterocycles. The molecule has 2 heterocycles. The van der Waals surface area contributed by atoms with Gasteiger partial charge in [-0.05, 0) is 37.0 Å². The van der Waals surface area contributed by atoms with E-state index in [0.29, 0.717) is 11.3 Å². The Balaban J connectivity index is 1.81. The molecule has 2 aromatic rings. The van der Waals surface area contributed by atoms with Crippen molar-refractivity contribution in [3.05, 3.63) is 46.8 Å². The quantitative estimate of drug-likeness (QED) is 0.885. The van der Waals surface area contributed by atoms with E-state index in [9.17, 15) is 13.2 Å². The van der Waals surface area contributed by atoms with Gasteiger partial charge in [0.05, 0.1) is 11.3 Å². The summed E-state index contributed by atoms with van der Waals surface area (Å²) in [7, 11) is -3.68. The lowest BCUT2D eigenvalue weighted by Gasteiger charge is -2.13. The molecular weight excluding hydrogens is 344 g/mol. The maximum absolute atomic E-state index is 12.6. The minimum Gasteiger partial charge on any atom is -0.339 e. The Hall–Kier alpha value is -1.86. The highest BCUT2D eigenvalue weighted by atomic mass is 32.2. The van der Waals surface area contributed by atoms with Gasteiger partial charge in [0.2, 0.25) is 0 Å². The molecule has 0 atom stereocenters. The van der Waals surface area contributed by atoms with Crippen molar-refractivity contribution in [3.63, 3.8) is 0 Å². The molecule has 128 valence electrons. The molecule has 3 rings (SSSR count). The first-order chi connectivity index (χ1) is 11.5. The summed E-state index contributed by atoms with van der Waals surface area (Å²) in [5.74, 6) is -0.0841. The van der Waals surface area contributed by atoms with Gasteiger partial charge in [0, 0.05) is 18.5 Å². The van der Waals surface area contributed by atoms with Crippen LogP contribution < -0.4 is 4.72 Å². The third kappa shape index (κ3) is 3.47. The third-order valence-corrected chi connectivity index (χ3v) is 6.93. The fraction of sp³-hybridized carbons (Fsp3) is 0.353. The molecule has 1 amide bonds. The second-order valence-corrected chi connectivity index (χ2v) is 8.59. The van der Waals surface area contributed by atoms with Crippen LogP contribution in [0.1, 0.15) is 35.7 Å². The van der Waals surface area contributed by atoms with Gasteiger partial charge in [-0.15, -0.1) is 11.3 Å². The number of thiophene rings is 1. The van der Waals surface area contributed by atoms with Gasteiger partial charge < -0.3 is 4.90 Å². The van der Waals surface area contributed by atoms with Crippen molar-refractivity contribution in [2.75, 3.05) is 17.8 Å². The van der Waals surface area contributed by atoms with Crippen LogP contribution in [0.4, 0.5) is 5.69 Å². The van der Waals surface area contributed by atoms with E-state index in [1.54, 1.807) is 22.4 Å². The highest BCUT2D eigenvalue weighted by Gasteiger charge is 2.24. The van der Waals surface area contributed by atoms with Crippen molar-refractivity contribution >= 4 is 33.0 Å². The van der Waals surface area contributed by atoms with E-state index < -0.39 is 10.0 Å². The maximum Gasteiger partial charge on any atom is 0.271 e. The zero-order valence-electron chi connectivity index (χ0n) is 13.5. The fourth-order valence-electron chi connectivity index (χ4n) is 2.80. The minimum absolute atomic E-state index is 0.0841. The SMILES string of the molecule is CCc1ccccc1NS(=O)(=O)c1cc(C(=O)N2CCCC2)cs1. The second kappa shape index (κ2) is 6.94. The molecule has 1 N–H and O–H groups in total. The topological polar surface area (TPSA) is 66.5 Å². The molecule has 1 aromatic carbocycles. The third-order valence-electron chi connectivity index (χ3n) is 4.12. The number of rotatable bonds is 5. The molecule has 7 heteroatoms. The molecule has 1 aliphatic rings. The van der Waals surface area contributed by atoms with Crippen LogP contribution in [-0.4, -0.2) is 32.3 Å². The minimum atomic E-state index is -3.68. The monoisotopic (exact) mass is 364 g/mol. The molecule has 0 aliphatic carbocycles. The molecule has 0 radical (unpaired) electrons. The number of hydrogen-bond acceptors (Lipinski definition) is 4. The number of nitrogens with one attached hydrogen (secondary N) is 1. The van der Waals surface area contributed by atoms with Crippen molar-refractivity contribution in [1.82, 2.24) is 4.90 Å². The van der Waals surface area contributed by atoms with Crippen LogP contribution in [0.15, 0.2) is 39.9 Å². The van der Waals surface area contributed by atoms with Crippen LogP contribution in [0.25, 0.3) is 0 Å². The van der Waals surface area contributed by atoms with E-state index in [0.717, 1.165) is 49.3 Å². The van der Waals surface area contributed by atoms with Gasteiger partial charge in [0.15, 0.2) is 0 Å². The molecule has 1 fully saturated rings. The molecule has 0 unspecified atom stereocenters. The zero-order valence-corrected chi connectivity index (χ0v) is 15.1. The van der Waals surface area contributed by atoms with E-state index in [4.69, 9.17) is 0 Å². The lowest BCUT2D eigenvalue weighted by atomic mass is 10.1. The number of carbonyl (C=O) groups excluding carboxylic acids is 1. The largest absolute Gasteiger partial charge is 0.339 e. The maximum atomic E-state index is 12.6. The summed E-state index contributed by atoms with van der Waals surface area (Å²) >= 11 is 1.08. The number of carbonyl (C=O) groups is 1. The number of aryl methyl sites for hydroxylation is 1. The smallest absolute Gasteiger partial charge is 0.271 e. The molecule has 0 bridgehead atoms. The van der Waals surface area contributed by atoms with E-state index in [1.165, 1.54) is 6.07 Å². The summed E-state index contributed by atoms with van der Waals surface area (Å²) in [5, 5.41) is 1.63. The lowest BCUT2D eigenvalue weighted by Crippen LogP contribution is -2.27. The average Bonchev–Trinajstić information content (AvgIpc) is 3.26. The number of benzene rings is 1. The molecule has 5 nitrogen and oxygen atoms in total. The van der Waals surface area contributed by atoms with Crippen molar-refractivity contribution in [2.24, 2.45) is 0 Å². The summed E-state index contributed by atoms with van der Waals surface area (Å²) in [6, 6.07) is 8.81. The Labute approximate surface area is 146 Å². The summed E-state index contributed by atoms with van der Waals surface area (Å²) in [4.78, 5) is 14.1. The Morgan fingerprint density at radius 3 is 2.67 bits per heavy atom. The van der Waals surface area contributed by atoms with Crippen molar-refractivity contribution in [1.29, 1.82) is 0 Å². The second-order valence-electron chi connectivity index (χ2n) is 5.77. The van der Waals surface area contributed by atoms with E-state index >= 15 is 0 Å². The first-order valence-corrected chi connectivity index (χ1v) is 10.4. The van der Waals surface area contributed by atoms with Gasteiger partial charge in [-0.2, -0.15) is 0 Å². The van der Waals surface area contributed by atoms with Crippen molar-refractivity contribution < 1.29 is 13.2 Å². The van der Waals surface area contributed by atoms with Gasteiger partial charge in [-0.3, -0.25) is 9.52 Å². The van der Waals surface area contributed by atoms with Crippen molar-refractivity contribution in [3.8, 4) is 0 Å². The molecule has 0 spiro atoms.